The van der Waals surface area contributed by atoms with E-state index in [1.807, 2.05) is 40.6 Å². The number of thiophene rings is 1. The van der Waals surface area contributed by atoms with Crippen molar-refractivity contribution < 1.29 is 9.90 Å². The Morgan fingerprint density at radius 3 is 2.80 bits per heavy atom. The number of amides is 1. The van der Waals surface area contributed by atoms with Crippen molar-refractivity contribution in [3.63, 3.8) is 0 Å². The summed E-state index contributed by atoms with van der Waals surface area (Å²) in [6.45, 7) is 3.58. The fourth-order valence-electron chi connectivity index (χ4n) is 3.12. The van der Waals surface area contributed by atoms with Crippen LogP contribution < -0.4 is 0 Å². The Morgan fingerprint density at radius 1 is 1.20 bits per heavy atom. The topological polar surface area (TPSA) is 56.7 Å². The molecule has 5 nitrogen and oxygen atoms in total. The van der Waals surface area contributed by atoms with Gasteiger partial charge in [0.2, 0.25) is 0 Å². The molecule has 7 heteroatoms. The lowest BCUT2D eigenvalue weighted by molar-refractivity contribution is 0.0533. The number of benzene rings is 1. The highest BCUT2D eigenvalue weighted by atomic mass is 32.1. The monoisotopic (exact) mass is 373 g/mol. The maximum absolute atomic E-state index is 12.7. The number of aromatic nitrogens is 1. The molecule has 2 aromatic heterocycles. The van der Waals surface area contributed by atoms with Gasteiger partial charge in [0.25, 0.3) is 5.91 Å². The van der Waals surface area contributed by atoms with Gasteiger partial charge in [-0.05, 0) is 29.6 Å². The van der Waals surface area contributed by atoms with Crippen molar-refractivity contribution in [2.45, 2.75) is 6.10 Å². The Kier molecular flexibility index (Phi) is 4.80. The molecule has 25 heavy (non-hydrogen) atoms. The largest absolute Gasteiger partial charge is 0.386 e. The number of thiazole rings is 1. The van der Waals surface area contributed by atoms with Crippen LogP contribution in [0.15, 0.2) is 41.2 Å². The summed E-state index contributed by atoms with van der Waals surface area (Å²) in [7, 11) is 0. The van der Waals surface area contributed by atoms with Crippen LogP contribution in [0.2, 0.25) is 0 Å². The Morgan fingerprint density at radius 2 is 2.04 bits per heavy atom. The molecule has 1 aliphatic heterocycles. The standard InChI is InChI=1S/C18H19N3O2S2/c22-15(16-2-1-9-24-16)11-20-5-7-21(8-6-20)18(23)13-3-4-14-17(10-13)25-12-19-14/h1-4,9-10,12,15,22H,5-8,11H2/t15-/m1/s1. The molecule has 0 saturated carbocycles. The summed E-state index contributed by atoms with van der Waals surface area (Å²) < 4.78 is 1.04. The highest BCUT2D eigenvalue weighted by molar-refractivity contribution is 7.16. The Hall–Kier alpha value is -1.80. The highest BCUT2D eigenvalue weighted by Gasteiger charge is 2.24. The van der Waals surface area contributed by atoms with Crippen LogP contribution in [0.3, 0.4) is 0 Å². The fraction of sp³-hybridized carbons (Fsp3) is 0.333. The number of carbonyl (C=O) groups excluding carboxylic acids is 1. The smallest absolute Gasteiger partial charge is 0.253 e. The fourth-order valence-corrected chi connectivity index (χ4v) is 4.54. The van der Waals surface area contributed by atoms with E-state index in [2.05, 4.69) is 9.88 Å². The van der Waals surface area contributed by atoms with E-state index in [0.29, 0.717) is 19.6 Å². The summed E-state index contributed by atoms with van der Waals surface area (Å²) in [5.74, 6) is 0.0776. The van der Waals surface area contributed by atoms with Crippen LogP contribution in [0.25, 0.3) is 10.2 Å². The quantitative estimate of drug-likeness (QED) is 0.764. The van der Waals surface area contributed by atoms with Gasteiger partial charge in [0.05, 0.1) is 15.7 Å². The van der Waals surface area contributed by atoms with Crippen molar-refractivity contribution in [1.29, 1.82) is 0 Å². The van der Waals surface area contributed by atoms with Crippen LogP contribution in [-0.2, 0) is 0 Å². The molecule has 0 unspecified atom stereocenters. The van der Waals surface area contributed by atoms with Gasteiger partial charge < -0.3 is 10.0 Å². The first-order valence-corrected chi connectivity index (χ1v) is 10.0. The van der Waals surface area contributed by atoms with Gasteiger partial charge in [-0.15, -0.1) is 22.7 Å². The first kappa shape index (κ1) is 16.7. The second-order valence-corrected chi connectivity index (χ2v) is 8.02. The van der Waals surface area contributed by atoms with Crippen molar-refractivity contribution >= 4 is 38.8 Å². The van der Waals surface area contributed by atoms with Gasteiger partial charge in [-0.1, -0.05) is 6.07 Å². The molecular weight excluding hydrogens is 354 g/mol. The molecule has 1 aliphatic rings. The summed E-state index contributed by atoms with van der Waals surface area (Å²) in [5.41, 5.74) is 3.47. The molecule has 1 amide bonds. The zero-order valence-electron chi connectivity index (χ0n) is 13.7. The maximum Gasteiger partial charge on any atom is 0.253 e. The Labute approximate surface area is 154 Å². The molecule has 1 fully saturated rings. The third-order valence-electron chi connectivity index (χ3n) is 4.54. The number of hydrogen-bond donors (Lipinski definition) is 1. The van der Waals surface area contributed by atoms with Crippen LogP contribution >= 0.6 is 22.7 Å². The second kappa shape index (κ2) is 7.21. The molecule has 4 rings (SSSR count). The minimum absolute atomic E-state index is 0.0776. The van der Waals surface area contributed by atoms with E-state index >= 15 is 0 Å². The second-order valence-electron chi connectivity index (χ2n) is 6.16. The number of rotatable bonds is 4. The number of nitrogens with zero attached hydrogens (tertiary/aromatic N) is 3. The zero-order chi connectivity index (χ0) is 17.2. The molecule has 3 aromatic rings. The van der Waals surface area contributed by atoms with Gasteiger partial charge in [0.15, 0.2) is 0 Å². The van der Waals surface area contributed by atoms with E-state index < -0.39 is 6.10 Å². The number of fused-ring (bicyclic) bond motifs is 1. The maximum atomic E-state index is 12.7. The third-order valence-corrected chi connectivity index (χ3v) is 6.31. The molecule has 0 aliphatic carbocycles. The highest BCUT2D eigenvalue weighted by Crippen LogP contribution is 2.22. The number of piperazine rings is 1. The summed E-state index contributed by atoms with van der Waals surface area (Å²) in [4.78, 5) is 22.1. The Balaban J connectivity index is 1.35. The molecule has 0 bridgehead atoms. The van der Waals surface area contributed by atoms with Crippen molar-refractivity contribution in [1.82, 2.24) is 14.8 Å². The minimum atomic E-state index is -0.448. The van der Waals surface area contributed by atoms with E-state index in [0.717, 1.165) is 33.7 Å². The molecule has 1 aromatic carbocycles. The van der Waals surface area contributed by atoms with Crippen molar-refractivity contribution in [3.05, 3.63) is 51.7 Å². The van der Waals surface area contributed by atoms with Gasteiger partial charge in [-0.3, -0.25) is 9.69 Å². The van der Waals surface area contributed by atoms with E-state index in [1.54, 1.807) is 28.2 Å². The molecule has 0 spiro atoms. The molecule has 1 N–H and O–H groups in total. The van der Waals surface area contributed by atoms with Crippen molar-refractivity contribution in [2.24, 2.45) is 0 Å². The molecule has 3 heterocycles. The van der Waals surface area contributed by atoms with Gasteiger partial charge >= 0.3 is 0 Å². The molecule has 1 atom stereocenters. The van der Waals surface area contributed by atoms with Gasteiger partial charge in [0, 0.05) is 43.2 Å². The summed E-state index contributed by atoms with van der Waals surface area (Å²) in [6.07, 6.45) is -0.448. The third kappa shape index (κ3) is 3.59. The van der Waals surface area contributed by atoms with Crippen LogP contribution in [0.5, 0.6) is 0 Å². The lowest BCUT2D eigenvalue weighted by atomic mass is 10.1. The van der Waals surface area contributed by atoms with Crippen LogP contribution in [0.1, 0.15) is 21.3 Å². The zero-order valence-corrected chi connectivity index (χ0v) is 15.3. The van der Waals surface area contributed by atoms with E-state index in [4.69, 9.17) is 0 Å². The van der Waals surface area contributed by atoms with Crippen molar-refractivity contribution in [2.75, 3.05) is 32.7 Å². The normalized spacial score (nSPS) is 17.1. The van der Waals surface area contributed by atoms with Crippen LogP contribution in [0.4, 0.5) is 0 Å². The molecule has 130 valence electrons. The number of aliphatic hydroxyl groups excluding tert-OH is 1. The SMILES string of the molecule is O=C(c1ccc2ncsc2c1)N1CCN(C[C@@H](O)c2cccs2)CC1. The lowest BCUT2D eigenvalue weighted by Gasteiger charge is -2.35. The van der Waals surface area contributed by atoms with Gasteiger partial charge in [-0.25, -0.2) is 4.98 Å². The first-order valence-electron chi connectivity index (χ1n) is 8.27. The van der Waals surface area contributed by atoms with Crippen molar-refractivity contribution in [3.8, 4) is 0 Å². The first-order chi connectivity index (χ1) is 12.2. The average Bonchev–Trinajstić information content (AvgIpc) is 3.32. The predicted molar refractivity (Wildman–Crippen MR) is 101 cm³/mol. The summed E-state index contributed by atoms with van der Waals surface area (Å²) in [5, 5.41) is 12.3. The number of hydrogen-bond acceptors (Lipinski definition) is 6. The van der Waals surface area contributed by atoms with Crippen LogP contribution in [-0.4, -0.2) is 58.5 Å². The molecule has 1 saturated heterocycles. The molecule has 0 radical (unpaired) electrons. The summed E-state index contributed by atoms with van der Waals surface area (Å²) >= 11 is 3.13. The Bertz CT molecular complexity index is 854. The van der Waals surface area contributed by atoms with Crippen LogP contribution in [0, 0.1) is 0 Å². The number of β-amino-alcohol motifs (C(OH)–C–C–N with tert-alkyl or cyclic N) is 1. The van der Waals surface area contributed by atoms with E-state index in [-0.39, 0.29) is 5.91 Å². The molecular formula is C18H19N3O2S2. The average molecular weight is 374 g/mol. The van der Waals surface area contributed by atoms with Gasteiger partial charge in [-0.2, -0.15) is 0 Å². The minimum Gasteiger partial charge on any atom is -0.386 e. The number of carbonyl (C=O) groups is 1. The van der Waals surface area contributed by atoms with E-state index in [9.17, 15) is 9.90 Å². The summed E-state index contributed by atoms with van der Waals surface area (Å²) in [6, 6.07) is 9.62. The predicted octanol–water partition coefficient (Wildman–Crippen LogP) is 2.85. The number of aliphatic hydroxyl groups is 1. The van der Waals surface area contributed by atoms with E-state index in [1.165, 1.54) is 0 Å². The lowest BCUT2D eigenvalue weighted by Crippen LogP contribution is -2.49. The van der Waals surface area contributed by atoms with Gasteiger partial charge in [0.1, 0.15) is 6.10 Å².